The lowest BCUT2D eigenvalue weighted by molar-refractivity contribution is 0.0993. The van der Waals surface area contributed by atoms with Crippen molar-refractivity contribution >= 4 is 0 Å². The zero-order valence-electron chi connectivity index (χ0n) is 11.2. The Kier molecular flexibility index (Phi) is 4.60. The van der Waals surface area contributed by atoms with Gasteiger partial charge >= 0.3 is 0 Å². The van der Waals surface area contributed by atoms with Gasteiger partial charge < -0.3 is 4.74 Å². The van der Waals surface area contributed by atoms with E-state index in [-0.39, 0.29) is 0 Å². The fourth-order valence-corrected chi connectivity index (χ4v) is 3.07. The molecule has 0 aromatic rings. The molecule has 1 rings (SSSR count). The summed E-state index contributed by atoms with van der Waals surface area (Å²) in [6, 6.07) is 2.05. The molecule has 1 aliphatic heterocycles. The summed E-state index contributed by atoms with van der Waals surface area (Å²) in [4.78, 5) is 2.67. The second-order valence-electron chi connectivity index (χ2n) is 5.54. The molecule has 1 saturated heterocycles. The maximum Gasteiger partial charge on any atom is 0.0505 e. The summed E-state index contributed by atoms with van der Waals surface area (Å²) in [6.07, 6.45) is 1.30. The molecule has 2 unspecified atom stereocenters. The molecule has 3 atom stereocenters. The Bertz CT molecular complexity index is 191. The maximum atomic E-state index is 5.33. The molecule has 0 spiro atoms. The van der Waals surface area contributed by atoms with Crippen molar-refractivity contribution in [1.82, 2.24) is 4.90 Å². The van der Waals surface area contributed by atoms with E-state index in [2.05, 4.69) is 39.5 Å². The van der Waals surface area contributed by atoms with E-state index in [0.29, 0.717) is 18.0 Å². The Morgan fingerprint density at radius 1 is 1.27 bits per heavy atom. The molecule has 1 fully saturated rings. The van der Waals surface area contributed by atoms with Crippen molar-refractivity contribution in [3.63, 3.8) is 0 Å². The smallest absolute Gasteiger partial charge is 0.0505 e. The zero-order valence-corrected chi connectivity index (χ0v) is 11.2. The molecule has 15 heavy (non-hydrogen) atoms. The third kappa shape index (κ3) is 2.73. The molecule has 1 aliphatic rings. The van der Waals surface area contributed by atoms with Crippen molar-refractivity contribution < 1.29 is 4.74 Å². The summed E-state index contributed by atoms with van der Waals surface area (Å²) >= 11 is 0. The lowest BCUT2D eigenvalue weighted by atomic mass is 9.96. The minimum atomic E-state index is 0.647. The van der Waals surface area contributed by atoms with Crippen LogP contribution in [0.25, 0.3) is 0 Å². The summed E-state index contributed by atoms with van der Waals surface area (Å²) in [5.74, 6) is 1.46. The van der Waals surface area contributed by atoms with Crippen molar-refractivity contribution in [2.75, 3.05) is 13.7 Å². The Morgan fingerprint density at radius 2 is 1.87 bits per heavy atom. The zero-order chi connectivity index (χ0) is 11.6. The van der Waals surface area contributed by atoms with Gasteiger partial charge in [-0.15, -0.1) is 0 Å². The molecule has 0 bridgehead atoms. The van der Waals surface area contributed by atoms with E-state index in [1.807, 2.05) is 7.11 Å². The van der Waals surface area contributed by atoms with Crippen LogP contribution in [0.1, 0.15) is 41.0 Å². The number of hydrogen-bond donors (Lipinski definition) is 0. The van der Waals surface area contributed by atoms with Crippen molar-refractivity contribution in [1.29, 1.82) is 0 Å². The van der Waals surface area contributed by atoms with E-state index < -0.39 is 0 Å². The molecule has 0 radical (unpaired) electrons. The van der Waals surface area contributed by atoms with Gasteiger partial charge in [-0.1, -0.05) is 13.8 Å². The molecule has 2 nitrogen and oxygen atoms in total. The number of nitrogens with zero attached hydrogens (tertiary/aromatic N) is 1. The van der Waals surface area contributed by atoms with Crippen LogP contribution in [0.3, 0.4) is 0 Å². The van der Waals surface area contributed by atoms with Gasteiger partial charge in [0.05, 0.1) is 6.61 Å². The lowest BCUT2D eigenvalue weighted by Gasteiger charge is -2.34. The standard InChI is InChI=1S/C13H27NO/c1-9(2)13-7-12(8-15-6)11(5)14(13)10(3)4/h9-13H,7-8H2,1-6H3/t11?,12?,13-/m0/s1. The lowest BCUT2D eigenvalue weighted by Crippen LogP contribution is -2.43. The molecule has 0 saturated carbocycles. The highest BCUT2D eigenvalue weighted by Crippen LogP contribution is 2.35. The highest BCUT2D eigenvalue weighted by Gasteiger charge is 2.40. The highest BCUT2D eigenvalue weighted by molar-refractivity contribution is 4.94. The van der Waals surface area contributed by atoms with Crippen molar-refractivity contribution in [3.8, 4) is 0 Å². The van der Waals surface area contributed by atoms with Gasteiger partial charge in [0.2, 0.25) is 0 Å². The van der Waals surface area contributed by atoms with Crippen molar-refractivity contribution in [2.24, 2.45) is 11.8 Å². The van der Waals surface area contributed by atoms with E-state index in [9.17, 15) is 0 Å². The molecular formula is C13H27NO. The first-order chi connectivity index (χ1) is 6.99. The van der Waals surface area contributed by atoms with Crippen LogP contribution >= 0.6 is 0 Å². The second-order valence-corrected chi connectivity index (χ2v) is 5.54. The minimum absolute atomic E-state index is 0.647. The fraction of sp³-hybridized carbons (Fsp3) is 1.00. The molecule has 0 N–H and O–H groups in total. The number of ether oxygens (including phenoxy) is 1. The van der Waals surface area contributed by atoms with Crippen LogP contribution in [0.5, 0.6) is 0 Å². The van der Waals surface area contributed by atoms with E-state index in [0.717, 1.165) is 18.6 Å². The summed E-state index contributed by atoms with van der Waals surface area (Å²) in [5, 5.41) is 0. The van der Waals surface area contributed by atoms with Gasteiger partial charge in [0.25, 0.3) is 0 Å². The average molecular weight is 213 g/mol. The maximum absolute atomic E-state index is 5.33. The van der Waals surface area contributed by atoms with Gasteiger partial charge in [-0.3, -0.25) is 4.90 Å². The van der Waals surface area contributed by atoms with Crippen LogP contribution in [0, 0.1) is 11.8 Å². The van der Waals surface area contributed by atoms with Crippen LogP contribution in [-0.4, -0.2) is 36.7 Å². The molecule has 0 amide bonds. The van der Waals surface area contributed by atoms with E-state index in [1.54, 1.807) is 0 Å². The van der Waals surface area contributed by atoms with Gasteiger partial charge in [-0.25, -0.2) is 0 Å². The monoisotopic (exact) mass is 213 g/mol. The number of hydrogen-bond acceptors (Lipinski definition) is 2. The predicted octanol–water partition coefficient (Wildman–Crippen LogP) is 2.78. The summed E-state index contributed by atoms with van der Waals surface area (Å²) < 4.78 is 5.33. The third-order valence-electron chi connectivity index (χ3n) is 3.83. The van der Waals surface area contributed by atoms with E-state index in [4.69, 9.17) is 4.74 Å². The van der Waals surface area contributed by atoms with Crippen molar-refractivity contribution in [2.45, 2.75) is 59.2 Å². The van der Waals surface area contributed by atoms with Crippen LogP contribution in [-0.2, 0) is 4.74 Å². The predicted molar refractivity (Wildman–Crippen MR) is 65.0 cm³/mol. The number of methoxy groups -OCH3 is 1. The average Bonchev–Trinajstić information content (AvgIpc) is 2.44. The molecule has 0 aromatic heterocycles. The Labute approximate surface area is 95.0 Å². The summed E-state index contributed by atoms with van der Waals surface area (Å²) in [6.45, 7) is 12.5. The third-order valence-corrected chi connectivity index (χ3v) is 3.83. The number of likely N-dealkylation sites (tertiary alicyclic amines) is 1. The first-order valence-electron chi connectivity index (χ1n) is 6.25. The molecular weight excluding hydrogens is 186 g/mol. The van der Waals surface area contributed by atoms with Crippen LogP contribution in [0.15, 0.2) is 0 Å². The largest absolute Gasteiger partial charge is 0.384 e. The normalized spacial score (nSPS) is 33.2. The summed E-state index contributed by atoms with van der Waals surface area (Å²) in [5.41, 5.74) is 0. The molecule has 2 heteroatoms. The minimum Gasteiger partial charge on any atom is -0.384 e. The topological polar surface area (TPSA) is 12.5 Å². The summed E-state index contributed by atoms with van der Waals surface area (Å²) in [7, 11) is 1.81. The van der Waals surface area contributed by atoms with Crippen molar-refractivity contribution in [3.05, 3.63) is 0 Å². The Balaban J connectivity index is 2.73. The first-order valence-corrected chi connectivity index (χ1v) is 6.25. The fourth-order valence-electron chi connectivity index (χ4n) is 3.07. The second kappa shape index (κ2) is 5.31. The molecule has 1 heterocycles. The van der Waals surface area contributed by atoms with Gasteiger partial charge in [0.15, 0.2) is 0 Å². The molecule has 0 aromatic carbocycles. The Morgan fingerprint density at radius 3 is 2.20 bits per heavy atom. The van der Waals surface area contributed by atoms with E-state index in [1.165, 1.54) is 6.42 Å². The highest BCUT2D eigenvalue weighted by atomic mass is 16.5. The van der Waals surface area contributed by atoms with Crippen LogP contribution < -0.4 is 0 Å². The van der Waals surface area contributed by atoms with Gasteiger partial charge in [-0.2, -0.15) is 0 Å². The van der Waals surface area contributed by atoms with Gasteiger partial charge in [0.1, 0.15) is 0 Å². The Hall–Kier alpha value is -0.0800. The van der Waals surface area contributed by atoms with Crippen LogP contribution in [0.4, 0.5) is 0 Å². The molecule has 0 aliphatic carbocycles. The molecule has 90 valence electrons. The number of rotatable bonds is 4. The van der Waals surface area contributed by atoms with Gasteiger partial charge in [-0.05, 0) is 39.0 Å². The van der Waals surface area contributed by atoms with Crippen LogP contribution in [0.2, 0.25) is 0 Å². The SMILES string of the molecule is COCC1C[C@@H](C(C)C)N(C(C)C)C1C. The van der Waals surface area contributed by atoms with E-state index >= 15 is 0 Å². The first kappa shape index (κ1) is 13.0. The van der Waals surface area contributed by atoms with Gasteiger partial charge in [0, 0.05) is 25.2 Å². The quantitative estimate of drug-likeness (QED) is 0.712.